The summed E-state index contributed by atoms with van der Waals surface area (Å²) in [5.41, 5.74) is 0. The molecule has 2 unspecified atom stereocenters. The maximum Gasteiger partial charge on any atom is 0.229 e. The van der Waals surface area contributed by atoms with E-state index in [1.807, 2.05) is 6.07 Å². The predicted molar refractivity (Wildman–Crippen MR) is 85.0 cm³/mol. The van der Waals surface area contributed by atoms with Crippen molar-refractivity contribution in [1.29, 1.82) is 0 Å². The standard InChI is InChI=1S/C16H23N2OP.Pd/c1-5-9-12(2)14-17-15(18-19-14)16(3,4)20-13-10-7-6-8-11-13;/h6-8,10-12,20H,5,9H2,1-4H3;. The summed E-state index contributed by atoms with van der Waals surface area (Å²) in [5, 5.41) is 5.44. The molecule has 21 heavy (non-hydrogen) atoms. The summed E-state index contributed by atoms with van der Waals surface area (Å²) in [6, 6.07) is 10.5. The molecular formula is C16H23N2OPPd. The molecule has 0 N–H and O–H groups in total. The molecule has 1 heterocycles. The third kappa shape index (κ3) is 4.99. The average molecular weight is 397 g/mol. The van der Waals surface area contributed by atoms with Crippen LogP contribution in [-0.2, 0) is 25.6 Å². The minimum Gasteiger partial charge on any atom is -0.339 e. The van der Waals surface area contributed by atoms with E-state index in [2.05, 4.69) is 62.1 Å². The minimum atomic E-state index is -0.0883. The third-order valence-corrected chi connectivity index (χ3v) is 4.85. The molecule has 2 aromatic rings. The maximum absolute atomic E-state index is 5.45. The fourth-order valence-electron chi connectivity index (χ4n) is 2.18. The first-order valence-electron chi connectivity index (χ1n) is 7.20. The van der Waals surface area contributed by atoms with Crippen LogP contribution in [0.2, 0.25) is 0 Å². The van der Waals surface area contributed by atoms with Gasteiger partial charge in [0.05, 0.1) is 0 Å². The smallest absolute Gasteiger partial charge is 0.229 e. The zero-order valence-electron chi connectivity index (χ0n) is 13.0. The van der Waals surface area contributed by atoms with Crippen LogP contribution in [0.4, 0.5) is 0 Å². The van der Waals surface area contributed by atoms with E-state index in [-0.39, 0.29) is 25.6 Å². The van der Waals surface area contributed by atoms with Gasteiger partial charge in [0.1, 0.15) is 0 Å². The molecule has 2 rings (SSSR count). The summed E-state index contributed by atoms with van der Waals surface area (Å²) in [4.78, 5) is 4.63. The number of hydrogen-bond acceptors (Lipinski definition) is 3. The van der Waals surface area contributed by atoms with E-state index in [0.717, 1.165) is 24.6 Å². The van der Waals surface area contributed by atoms with Crippen molar-refractivity contribution in [3.8, 4) is 0 Å². The Balaban J connectivity index is 0.00000220. The number of aromatic nitrogens is 2. The summed E-state index contributed by atoms with van der Waals surface area (Å²) in [6.45, 7) is 8.68. The van der Waals surface area contributed by atoms with Crippen LogP contribution in [0, 0.1) is 0 Å². The third-order valence-electron chi connectivity index (χ3n) is 3.37. The topological polar surface area (TPSA) is 38.9 Å². The SMILES string of the molecule is CCCC(C)c1nc(C(C)(C)Pc2ccccc2)no1.[Pd]. The van der Waals surface area contributed by atoms with Crippen LogP contribution in [-0.4, -0.2) is 10.1 Å². The van der Waals surface area contributed by atoms with Crippen molar-refractivity contribution in [1.82, 2.24) is 10.1 Å². The molecular weight excluding hydrogens is 374 g/mol. The minimum absolute atomic E-state index is 0. The Hall–Kier alpha value is -0.548. The van der Waals surface area contributed by atoms with Crippen molar-refractivity contribution in [3.05, 3.63) is 42.0 Å². The summed E-state index contributed by atoms with van der Waals surface area (Å²) in [6.07, 6.45) is 2.22. The largest absolute Gasteiger partial charge is 0.339 e. The second kappa shape index (κ2) is 8.18. The van der Waals surface area contributed by atoms with Crippen LogP contribution in [0.5, 0.6) is 0 Å². The van der Waals surface area contributed by atoms with Gasteiger partial charge in [-0.3, -0.25) is 0 Å². The maximum atomic E-state index is 5.45. The van der Waals surface area contributed by atoms with Crippen molar-refractivity contribution in [2.75, 3.05) is 0 Å². The Bertz CT molecular complexity index is 542. The second-order valence-corrected chi connectivity index (χ2v) is 7.84. The zero-order valence-corrected chi connectivity index (χ0v) is 15.6. The molecule has 1 aromatic carbocycles. The van der Waals surface area contributed by atoms with Crippen molar-refractivity contribution in [3.63, 3.8) is 0 Å². The second-order valence-electron chi connectivity index (χ2n) is 5.76. The molecule has 0 amide bonds. The number of rotatable bonds is 6. The van der Waals surface area contributed by atoms with Gasteiger partial charge in [-0.2, -0.15) is 4.98 Å². The van der Waals surface area contributed by atoms with E-state index in [0.29, 0.717) is 14.5 Å². The van der Waals surface area contributed by atoms with Gasteiger partial charge in [0.2, 0.25) is 5.89 Å². The number of hydrogen-bond donors (Lipinski definition) is 0. The molecule has 0 aliphatic rings. The van der Waals surface area contributed by atoms with E-state index >= 15 is 0 Å². The molecule has 3 nitrogen and oxygen atoms in total. The fraction of sp³-hybridized carbons (Fsp3) is 0.500. The molecule has 5 heteroatoms. The summed E-state index contributed by atoms with van der Waals surface area (Å²) >= 11 is 0. The number of benzene rings is 1. The fourth-order valence-corrected chi connectivity index (χ4v) is 3.48. The molecule has 0 spiro atoms. The van der Waals surface area contributed by atoms with Crippen LogP contribution in [0.25, 0.3) is 0 Å². The molecule has 2 atom stereocenters. The summed E-state index contributed by atoms with van der Waals surface area (Å²) in [7, 11) is 0.631. The molecule has 0 saturated heterocycles. The van der Waals surface area contributed by atoms with Crippen molar-refractivity contribution in [2.24, 2.45) is 0 Å². The van der Waals surface area contributed by atoms with Gasteiger partial charge in [-0.1, -0.05) is 64.3 Å². The van der Waals surface area contributed by atoms with Crippen LogP contribution in [0.3, 0.4) is 0 Å². The van der Waals surface area contributed by atoms with Gasteiger partial charge < -0.3 is 4.52 Å². The molecule has 0 fully saturated rings. The molecule has 118 valence electrons. The monoisotopic (exact) mass is 396 g/mol. The molecule has 0 radical (unpaired) electrons. The van der Waals surface area contributed by atoms with Gasteiger partial charge in [0.15, 0.2) is 5.82 Å². The van der Waals surface area contributed by atoms with Crippen LogP contribution in [0.15, 0.2) is 34.9 Å². The van der Waals surface area contributed by atoms with Gasteiger partial charge in [-0.05, 0) is 25.6 Å². The van der Waals surface area contributed by atoms with E-state index in [4.69, 9.17) is 4.52 Å². The van der Waals surface area contributed by atoms with Crippen LogP contribution in [0.1, 0.15) is 58.2 Å². The van der Waals surface area contributed by atoms with Crippen molar-refractivity contribution < 1.29 is 24.9 Å². The van der Waals surface area contributed by atoms with Crippen LogP contribution >= 0.6 is 8.58 Å². The predicted octanol–water partition coefficient (Wildman–Crippen LogP) is 4.21. The van der Waals surface area contributed by atoms with Crippen molar-refractivity contribution >= 4 is 13.9 Å². The molecule has 0 bridgehead atoms. The Morgan fingerprint density at radius 1 is 1.24 bits per heavy atom. The quantitative estimate of drug-likeness (QED) is 0.542. The molecule has 1 aromatic heterocycles. The Labute approximate surface area is 142 Å². The normalized spacial score (nSPS) is 13.3. The van der Waals surface area contributed by atoms with Gasteiger partial charge in [0.25, 0.3) is 0 Å². The van der Waals surface area contributed by atoms with E-state index in [1.165, 1.54) is 5.30 Å². The van der Waals surface area contributed by atoms with E-state index in [1.54, 1.807) is 0 Å². The summed E-state index contributed by atoms with van der Waals surface area (Å²) in [5.74, 6) is 1.93. The zero-order chi connectivity index (χ0) is 14.6. The van der Waals surface area contributed by atoms with Crippen molar-refractivity contribution in [2.45, 2.75) is 51.6 Å². The summed E-state index contributed by atoms with van der Waals surface area (Å²) < 4.78 is 5.45. The molecule has 0 saturated carbocycles. The first-order valence-corrected chi connectivity index (χ1v) is 8.20. The van der Waals surface area contributed by atoms with E-state index < -0.39 is 0 Å². The van der Waals surface area contributed by atoms with Gasteiger partial charge in [-0.15, -0.1) is 0 Å². The van der Waals surface area contributed by atoms with Gasteiger partial charge in [0, 0.05) is 31.5 Å². The van der Waals surface area contributed by atoms with Gasteiger partial charge in [-0.25, -0.2) is 0 Å². The molecule has 0 aliphatic heterocycles. The Kier molecular flexibility index (Phi) is 7.21. The Morgan fingerprint density at radius 3 is 2.52 bits per heavy atom. The first-order chi connectivity index (χ1) is 9.53. The number of nitrogens with zero attached hydrogens (tertiary/aromatic N) is 2. The average Bonchev–Trinajstić information content (AvgIpc) is 2.90. The molecule has 0 aliphatic carbocycles. The Morgan fingerprint density at radius 2 is 1.90 bits per heavy atom. The first kappa shape index (κ1) is 18.5. The van der Waals surface area contributed by atoms with E-state index in [9.17, 15) is 0 Å². The van der Waals surface area contributed by atoms with Gasteiger partial charge >= 0.3 is 0 Å². The van der Waals surface area contributed by atoms with Crippen LogP contribution < -0.4 is 5.30 Å².